The van der Waals surface area contributed by atoms with Gasteiger partial charge in [-0.25, -0.2) is 8.42 Å². The zero-order valence-electron chi connectivity index (χ0n) is 21.6. The zero-order chi connectivity index (χ0) is 27.2. The largest absolute Gasteiger partial charge is 0.466 e. The van der Waals surface area contributed by atoms with Crippen LogP contribution in [0.1, 0.15) is 51.9 Å². The first-order chi connectivity index (χ1) is 17.9. The number of benzene rings is 1. The highest BCUT2D eigenvalue weighted by Crippen LogP contribution is 2.51. The fraction of sp³-hybridized carbons (Fsp3) is 0.640. The molecule has 38 heavy (non-hydrogen) atoms. The second kappa shape index (κ2) is 10.1. The summed E-state index contributed by atoms with van der Waals surface area (Å²) in [5.41, 5.74) is 0.314. The summed E-state index contributed by atoms with van der Waals surface area (Å²) in [6.07, 6.45) is 6.66. The molecule has 1 heterocycles. The van der Waals surface area contributed by atoms with Gasteiger partial charge in [-0.15, -0.1) is 4.40 Å². The number of rotatable bonds is 10. The van der Waals surface area contributed by atoms with Crippen molar-refractivity contribution in [3.05, 3.63) is 18.2 Å². The van der Waals surface area contributed by atoms with E-state index in [4.69, 9.17) is 4.74 Å². The van der Waals surface area contributed by atoms with Gasteiger partial charge < -0.3 is 15.0 Å². The van der Waals surface area contributed by atoms with E-state index in [1.54, 1.807) is 11.8 Å². The van der Waals surface area contributed by atoms with Gasteiger partial charge in [-0.2, -0.15) is 8.42 Å². The highest BCUT2D eigenvalue weighted by atomic mass is 32.2. The van der Waals surface area contributed by atoms with Crippen LogP contribution in [0.5, 0.6) is 0 Å². The first kappa shape index (κ1) is 26.9. The number of nitrogens with zero attached hydrogens (tertiary/aromatic N) is 2. The van der Waals surface area contributed by atoms with Gasteiger partial charge in [0.05, 0.1) is 30.9 Å². The number of hydrogen-bond acceptors (Lipinski definition) is 8. The van der Waals surface area contributed by atoms with Gasteiger partial charge in [-0.05, 0) is 68.6 Å². The number of carbonyl (C=O) groups excluding carboxylic acids is 2. The molecule has 2 N–H and O–H groups in total. The lowest BCUT2D eigenvalue weighted by atomic mass is 9.83. The van der Waals surface area contributed by atoms with Crippen molar-refractivity contribution in [2.45, 2.75) is 62.8 Å². The molecular weight excluding hydrogens is 532 g/mol. The molecule has 3 saturated carbocycles. The van der Waals surface area contributed by atoms with Gasteiger partial charge in [0, 0.05) is 18.3 Å². The number of hydrogen-bond donors (Lipinski definition) is 2. The van der Waals surface area contributed by atoms with Crippen LogP contribution in [-0.2, 0) is 34.4 Å². The third-order valence-electron chi connectivity index (χ3n) is 7.98. The minimum Gasteiger partial charge on any atom is -0.466 e. The molecule has 13 heteroatoms. The van der Waals surface area contributed by atoms with Crippen LogP contribution in [0.2, 0.25) is 0 Å². The maximum Gasteiger partial charge on any atom is 0.311 e. The fourth-order valence-electron chi connectivity index (χ4n) is 6.26. The van der Waals surface area contributed by atoms with E-state index in [0.29, 0.717) is 12.5 Å². The molecule has 5 rings (SSSR count). The maximum absolute atomic E-state index is 13.7. The Balaban J connectivity index is 1.38. The molecule has 0 radical (unpaired) electrons. The lowest BCUT2D eigenvalue weighted by Crippen LogP contribution is -2.51. The fourth-order valence-corrected chi connectivity index (χ4v) is 7.99. The van der Waals surface area contributed by atoms with Gasteiger partial charge in [-0.1, -0.05) is 12.8 Å². The summed E-state index contributed by atoms with van der Waals surface area (Å²) < 4.78 is 60.5. The molecule has 1 aromatic rings. The molecule has 1 amide bonds. The first-order valence-corrected chi connectivity index (χ1v) is 16.5. The van der Waals surface area contributed by atoms with Gasteiger partial charge >= 0.3 is 5.97 Å². The van der Waals surface area contributed by atoms with E-state index in [1.807, 2.05) is 0 Å². The third-order valence-corrected chi connectivity index (χ3v) is 9.94. The number of esters is 1. The van der Waals surface area contributed by atoms with E-state index in [9.17, 15) is 26.4 Å². The number of ether oxygens (including phenoxy) is 1. The summed E-state index contributed by atoms with van der Waals surface area (Å²) in [6, 6.07) is 3.82. The van der Waals surface area contributed by atoms with Crippen molar-refractivity contribution in [3.63, 3.8) is 0 Å². The Kier molecular flexibility index (Phi) is 7.18. The first-order valence-electron chi connectivity index (χ1n) is 13.1. The Hall–Kier alpha value is -2.67. The molecule has 0 aromatic heterocycles. The summed E-state index contributed by atoms with van der Waals surface area (Å²) in [4.78, 5) is 28.3. The van der Waals surface area contributed by atoms with Gasteiger partial charge in [0.25, 0.3) is 10.0 Å². The van der Waals surface area contributed by atoms with E-state index < -0.39 is 20.0 Å². The monoisotopic (exact) mass is 566 g/mol. The lowest BCUT2D eigenvalue weighted by Gasteiger charge is -2.39. The highest BCUT2D eigenvalue weighted by molar-refractivity contribution is 7.92. The number of fused-ring (bicyclic) bond motifs is 3. The van der Waals surface area contributed by atoms with E-state index in [2.05, 4.69) is 14.4 Å². The van der Waals surface area contributed by atoms with Gasteiger partial charge in [0.1, 0.15) is 10.7 Å². The Morgan fingerprint density at radius 1 is 1.18 bits per heavy atom. The number of amides is 1. The predicted molar refractivity (Wildman–Crippen MR) is 142 cm³/mol. The quantitative estimate of drug-likeness (QED) is 0.410. The Morgan fingerprint density at radius 3 is 2.61 bits per heavy atom. The SMILES string of the molecule is CCOC(=O)C1C(N(CCC2CC2)C(=O)CC2=NS(=O)(=O)c3cc(NS(C)(=O)=O)ccc3N2)[C@H]2CC[C@@H]1C2. The van der Waals surface area contributed by atoms with Crippen molar-refractivity contribution in [3.8, 4) is 0 Å². The second-order valence-corrected chi connectivity index (χ2v) is 14.1. The van der Waals surface area contributed by atoms with Crippen LogP contribution in [0, 0.1) is 23.7 Å². The predicted octanol–water partition coefficient (Wildman–Crippen LogP) is 2.57. The van der Waals surface area contributed by atoms with Crippen LogP contribution >= 0.6 is 0 Å². The molecular formula is C25H34N4O7S2. The highest BCUT2D eigenvalue weighted by Gasteiger charge is 2.54. The molecule has 2 bridgehead atoms. The van der Waals surface area contributed by atoms with Crippen molar-refractivity contribution in [2.24, 2.45) is 28.1 Å². The van der Waals surface area contributed by atoms with Crippen molar-refractivity contribution in [1.29, 1.82) is 0 Å². The zero-order valence-corrected chi connectivity index (χ0v) is 23.2. The van der Waals surface area contributed by atoms with E-state index >= 15 is 0 Å². The van der Waals surface area contributed by atoms with Gasteiger partial charge in [0.15, 0.2) is 0 Å². The molecule has 4 aliphatic rings. The summed E-state index contributed by atoms with van der Waals surface area (Å²) in [5.74, 6) is 0.130. The molecule has 0 spiro atoms. The van der Waals surface area contributed by atoms with Crippen LogP contribution in [0.3, 0.4) is 0 Å². The van der Waals surface area contributed by atoms with E-state index in [1.165, 1.54) is 18.2 Å². The summed E-state index contributed by atoms with van der Waals surface area (Å²) in [7, 11) is -7.76. The summed E-state index contributed by atoms with van der Waals surface area (Å²) in [5, 5.41) is 2.94. The van der Waals surface area contributed by atoms with Gasteiger partial charge in [-0.3, -0.25) is 14.3 Å². The molecule has 208 valence electrons. The van der Waals surface area contributed by atoms with Crippen LogP contribution in [-0.4, -0.2) is 64.9 Å². The normalized spacial score (nSPS) is 27.2. The smallest absolute Gasteiger partial charge is 0.311 e. The van der Waals surface area contributed by atoms with Crippen molar-refractivity contribution < 1.29 is 31.2 Å². The Labute approximate surface area is 223 Å². The summed E-state index contributed by atoms with van der Waals surface area (Å²) >= 11 is 0. The number of anilines is 2. The van der Waals surface area contributed by atoms with Crippen LogP contribution in [0.25, 0.3) is 0 Å². The van der Waals surface area contributed by atoms with Gasteiger partial charge in [0.2, 0.25) is 15.9 Å². The minimum atomic E-state index is -4.17. The molecule has 3 fully saturated rings. The molecule has 1 aromatic carbocycles. The standard InChI is InChI=1S/C25H34N4O7S2/c1-3-36-25(31)23-16-6-7-17(12-16)24(23)29(11-10-15-4-5-15)22(30)14-21-26-19-9-8-18(27-37(2,32)33)13-20(19)38(34,35)28-21/h8-9,13,15-17,23-24,27H,3-7,10-12,14H2,1-2H3,(H,26,28)/t16-,17+,23?,24?/m1/s1. The molecule has 4 atom stereocenters. The minimum absolute atomic E-state index is 0.00131. The topological polar surface area (TPSA) is 151 Å². The van der Waals surface area contributed by atoms with Crippen LogP contribution in [0.4, 0.5) is 11.4 Å². The second-order valence-electron chi connectivity index (χ2n) is 10.8. The average Bonchev–Trinajstić information content (AvgIpc) is 3.42. The maximum atomic E-state index is 13.7. The molecule has 0 saturated heterocycles. The number of nitrogens with one attached hydrogen (secondary N) is 2. The lowest BCUT2D eigenvalue weighted by molar-refractivity contribution is -0.154. The Bertz CT molecular complexity index is 1370. The Morgan fingerprint density at radius 2 is 1.92 bits per heavy atom. The van der Waals surface area contributed by atoms with E-state index in [-0.39, 0.29) is 70.8 Å². The van der Waals surface area contributed by atoms with Crippen molar-refractivity contribution in [1.82, 2.24) is 4.90 Å². The van der Waals surface area contributed by atoms with Crippen molar-refractivity contribution >= 4 is 49.1 Å². The van der Waals surface area contributed by atoms with Crippen LogP contribution in [0.15, 0.2) is 27.5 Å². The van der Waals surface area contributed by atoms with E-state index in [0.717, 1.165) is 44.8 Å². The summed E-state index contributed by atoms with van der Waals surface area (Å²) in [6.45, 7) is 2.58. The molecule has 2 unspecified atom stereocenters. The molecule has 11 nitrogen and oxygen atoms in total. The molecule has 1 aliphatic heterocycles. The number of carbonyl (C=O) groups is 2. The number of sulfonamides is 2. The average molecular weight is 567 g/mol. The third kappa shape index (κ3) is 5.68. The van der Waals surface area contributed by atoms with Crippen molar-refractivity contribution in [2.75, 3.05) is 29.4 Å². The molecule has 3 aliphatic carbocycles. The van der Waals surface area contributed by atoms with Crippen LogP contribution < -0.4 is 10.0 Å². The number of amidine groups is 1.